The average molecular weight is 699 g/mol. The van der Waals surface area contributed by atoms with Crippen molar-refractivity contribution in [3.05, 3.63) is 197 Å². The molecule has 9 rings (SSSR count). The SMILES string of the molecule is C=C1C(/C(=N/Nc2ccc([N+]3=C/C=c4/oc5cccc6c7ccccc7/c(c(=C)c(C)c4c56)=C/C=C\3)cc2)c2ccccc2)=C\C=C/Oc2ccccc21. The Kier molecular flexibility index (Phi) is 8.29. The largest absolute Gasteiger partial charge is 0.464 e. The molecular formula is C49H36N3O2+. The van der Waals surface area contributed by atoms with Gasteiger partial charge in [-0.1, -0.05) is 98.1 Å². The fourth-order valence-electron chi connectivity index (χ4n) is 7.38. The highest BCUT2D eigenvalue weighted by atomic mass is 16.5. The van der Waals surface area contributed by atoms with Crippen molar-refractivity contribution in [3.63, 3.8) is 0 Å². The van der Waals surface area contributed by atoms with Crippen LogP contribution < -0.4 is 26.0 Å². The number of hydrogen-bond acceptors (Lipinski definition) is 4. The van der Waals surface area contributed by atoms with E-state index in [0.717, 1.165) is 99.0 Å². The van der Waals surface area contributed by atoms with E-state index in [1.165, 1.54) is 0 Å². The van der Waals surface area contributed by atoms with Gasteiger partial charge in [0.25, 0.3) is 0 Å². The molecule has 1 N–H and O–H groups in total. The first-order valence-corrected chi connectivity index (χ1v) is 17.9. The summed E-state index contributed by atoms with van der Waals surface area (Å²) in [5.41, 5.74) is 12.3. The van der Waals surface area contributed by atoms with Gasteiger partial charge in [-0.15, -0.1) is 0 Å². The lowest BCUT2D eigenvalue weighted by atomic mass is 9.91. The summed E-state index contributed by atoms with van der Waals surface area (Å²) >= 11 is 0. The Morgan fingerprint density at radius 3 is 2.31 bits per heavy atom. The van der Waals surface area contributed by atoms with Gasteiger partial charge in [-0.25, -0.2) is 0 Å². The van der Waals surface area contributed by atoms with Crippen molar-refractivity contribution < 1.29 is 13.7 Å². The van der Waals surface area contributed by atoms with Gasteiger partial charge in [0.05, 0.1) is 17.7 Å². The molecule has 0 atom stereocenters. The summed E-state index contributed by atoms with van der Waals surface area (Å²) in [6.07, 6.45) is 16.0. The Bertz CT molecular complexity index is 3020. The number of hydrogen-bond donors (Lipinski definition) is 1. The number of allylic oxidation sites excluding steroid dienone is 5. The van der Waals surface area contributed by atoms with Crippen molar-refractivity contribution in [2.45, 2.75) is 6.92 Å². The van der Waals surface area contributed by atoms with Crippen LogP contribution >= 0.6 is 0 Å². The molecule has 0 radical (unpaired) electrons. The number of fused-ring (bicyclic) bond motifs is 6. The minimum atomic E-state index is 0.748. The number of aryl methyl sites for hydroxylation is 1. The number of anilines is 1. The standard InChI is InChI=1S/C49H36N3O2/c1-32-33(2)47-46-28-30-52(29-12-20-38(32)41-17-7-8-18-42(41)43-19-11-23-45(54-46)48(43)47)37-26-24-36(25-27-37)50-51-49(35-14-5-4-6-15-35)40-21-13-31-53-44-22-10-9-16-39(44)34(40)3/h4-31,50H,1,3H2,2H3/q+1/b29-12-,31-13-,38-20+,40-21+,46-28+,47-33?,51-49+,52-30+. The number of ether oxygens (including phenoxy) is 1. The van der Waals surface area contributed by atoms with E-state index in [9.17, 15) is 0 Å². The maximum absolute atomic E-state index is 6.58. The van der Waals surface area contributed by atoms with Gasteiger partial charge in [0.2, 0.25) is 5.69 Å². The highest BCUT2D eigenvalue weighted by Crippen LogP contribution is 2.34. The van der Waals surface area contributed by atoms with Crippen molar-refractivity contribution in [3.8, 4) is 5.75 Å². The molecular weight excluding hydrogens is 663 g/mol. The van der Waals surface area contributed by atoms with Crippen LogP contribution in [0.5, 0.6) is 5.75 Å². The van der Waals surface area contributed by atoms with Gasteiger partial charge in [-0.2, -0.15) is 9.68 Å². The molecule has 258 valence electrons. The molecule has 5 heteroatoms. The van der Waals surface area contributed by atoms with E-state index in [1.807, 2.05) is 79.0 Å². The third-order valence-corrected chi connectivity index (χ3v) is 10.1. The Morgan fingerprint density at radius 2 is 1.46 bits per heavy atom. The van der Waals surface area contributed by atoms with Gasteiger partial charge >= 0.3 is 0 Å². The Morgan fingerprint density at radius 1 is 0.704 bits per heavy atom. The van der Waals surface area contributed by atoms with Crippen LogP contribution in [-0.2, 0) is 0 Å². The predicted molar refractivity (Wildman–Crippen MR) is 225 cm³/mol. The van der Waals surface area contributed by atoms with Crippen LogP contribution in [0.4, 0.5) is 11.4 Å². The van der Waals surface area contributed by atoms with E-state index in [1.54, 1.807) is 6.26 Å². The zero-order valence-electron chi connectivity index (χ0n) is 29.8. The lowest BCUT2D eigenvalue weighted by Crippen LogP contribution is -2.26. The van der Waals surface area contributed by atoms with Crippen LogP contribution in [0.1, 0.15) is 16.7 Å². The lowest BCUT2D eigenvalue weighted by molar-refractivity contribution is -0.352. The number of hydrazone groups is 1. The van der Waals surface area contributed by atoms with Crippen molar-refractivity contribution >= 4 is 80.1 Å². The van der Waals surface area contributed by atoms with Gasteiger partial charge in [0.1, 0.15) is 16.7 Å². The number of furan rings is 1. The molecule has 2 aliphatic heterocycles. The molecule has 0 unspecified atom stereocenters. The predicted octanol–water partition coefficient (Wildman–Crippen LogP) is 9.60. The van der Waals surface area contributed by atoms with Crippen LogP contribution in [0.2, 0.25) is 0 Å². The molecule has 3 heterocycles. The molecule has 54 heavy (non-hydrogen) atoms. The second-order valence-corrected chi connectivity index (χ2v) is 13.3. The van der Waals surface area contributed by atoms with Crippen molar-refractivity contribution in [2.24, 2.45) is 5.10 Å². The minimum absolute atomic E-state index is 0.748. The van der Waals surface area contributed by atoms with Crippen LogP contribution in [0, 0.1) is 6.92 Å². The normalized spacial score (nSPS) is 18.4. The molecule has 0 aliphatic carbocycles. The van der Waals surface area contributed by atoms with Gasteiger partial charge < -0.3 is 9.15 Å². The molecule has 2 bridgehead atoms. The zero-order chi connectivity index (χ0) is 36.6. The number of rotatable bonds is 5. The third kappa shape index (κ3) is 5.78. The molecule has 7 aromatic rings. The highest BCUT2D eigenvalue weighted by Gasteiger charge is 2.19. The maximum atomic E-state index is 6.58. The first-order chi connectivity index (χ1) is 26.5. The average Bonchev–Trinajstić information content (AvgIpc) is 3.58. The zero-order valence-corrected chi connectivity index (χ0v) is 29.8. The highest BCUT2D eigenvalue weighted by molar-refractivity contribution is 6.22. The van der Waals surface area contributed by atoms with E-state index >= 15 is 0 Å². The number of para-hydroxylation sites is 1. The van der Waals surface area contributed by atoms with Crippen molar-refractivity contribution in [2.75, 3.05) is 5.43 Å². The van der Waals surface area contributed by atoms with Crippen LogP contribution in [0.3, 0.4) is 0 Å². The van der Waals surface area contributed by atoms with E-state index in [-0.39, 0.29) is 0 Å². The molecule has 2 aliphatic rings. The minimum Gasteiger partial charge on any atom is -0.464 e. The number of nitrogens with one attached hydrogen (secondary N) is 1. The molecule has 0 fully saturated rings. The van der Waals surface area contributed by atoms with Gasteiger partial charge in [0, 0.05) is 51.8 Å². The molecule has 0 saturated carbocycles. The van der Waals surface area contributed by atoms with E-state index in [2.05, 4.69) is 115 Å². The van der Waals surface area contributed by atoms with Gasteiger partial charge in [-0.05, 0) is 87.1 Å². The van der Waals surface area contributed by atoms with Crippen molar-refractivity contribution in [1.29, 1.82) is 0 Å². The van der Waals surface area contributed by atoms with E-state index in [4.69, 9.17) is 14.3 Å². The molecule has 6 aromatic carbocycles. The Hall–Kier alpha value is -7.24. The molecule has 0 saturated heterocycles. The number of nitrogens with zero attached hydrogens (tertiary/aromatic N) is 2. The van der Waals surface area contributed by atoms with Gasteiger partial charge in [0.15, 0.2) is 12.4 Å². The second-order valence-electron chi connectivity index (χ2n) is 13.3. The molecule has 0 spiro atoms. The quantitative estimate of drug-likeness (QED) is 0.111. The van der Waals surface area contributed by atoms with Gasteiger partial charge in [-0.3, -0.25) is 5.43 Å². The summed E-state index contributed by atoms with van der Waals surface area (Å²) in [6.45, 7) is 11.2. The van der Waals surface area contributed by atoms with Crippen LogP contribution in [0.15, 0.2) is 174 Å². The molecule has 5 nitrogen and oxygen atoms in total. The topological polar surface area (TPSA) is 49.8 Å². The smallest absolute Gasteiger partial charge is 0.210 e. The fraction of sp³-hybridized carbons (Fsp3) is 0.0204. The monoisotopic (exact) mass is 698 g/mol. The third-order valence-electron chi connectivity index (χ3n) is 10.1. The first-order valence-electron chi connectivity index (χ1n) is 17.9. The fourth-order valence-corrected chi connectivity index (χ4v) is 7.38. The Balaban J connectivity index is 1.12. The number of benzene rings is 5. The van der Waals surface area contributed by atoms with Crippen LogP contribution in [0.25, 0.3) is 56.8 Å². The lowest BCUT2D eigenvalue weighted by Gasteiger charge is -2.18. The Labute approximate surface area is 312 Å². The second kappa shape index (κ2) is 13.7. The summed E-state index contributed by atoms with van der Waals surface area (Å²) in [7, 11) is 0. The summed E-state index contributed by atoms with van der Waals surface area (Å²) in [5, 5.41) is 12.7. The molecule has 1 aromatic heterocycles. The summed E-state index contributed by atoms with van der Waals surface area (Å²) in [6, 6.07) is 41.1. The van der Waals surface area contributed by atoms with Crippen molar-refractivity contribution in [1.82, 2.24) is 0 Å². The summed E-state index contributed by atoms with van der Waals surface area (Å²) < 4.78 is 14.5. The molecule has 0 amide bonds. The van der Waals surface area contributed by atoms with Crippen LogP contribution in [-0.4, -0.2) is 16.5 Å². The first kappa shape index (κ1) is 32.7. The summed E-state index contributed by atoms with van der Waals surface area (Å²) in [4.78, 5) is 0. The van der Waals surface area contributed by atoms with E-state index < -0.39 is 0 Å². The summed E-state index contributed by atoms with van der Waals surface area (Å²) in [5.74, 6) is 0.748. The maximum Gasteiger partial charge on any atom is 0.210 e. The van der Waals surface area contributed by atoms with E-state index in [0.29, 0.717) is 0 Å².